The van der Waals surface area contributed by atoms with Gasteiger partial charge in [0.2, 0.25) is 0 Å². The van der Waals surface area contributed by atoms with Crippen LogP contribution in [0.15, 0.2) is 30.3 Å². The van der Waals surface area contributed by atoms with Crippen molar-refractivity contribution in [2.45, 2.75) is 20.3 Å². The van der Waals surface area contributed by atoms with Gasteiger partial charge in [0.1, 0.15) is 0 Å². The molecule has 0 saturated carbocycles. The third kappa shape index (κ3) is 2.41. The third-order valence-corrected chi connectivity index (χ3v) is 3.18. The summed E-state index contributed by atoms with van der Waals surface area (Å²) in [6.07, 6.45) is 0.0419. The fourth-order valence-electron chi connectivity index (χ4n) is 2.18. The Morgan fingerprint density at radius 3 is 2.67 bits per heavy atom. The highest BCUT2D eigenvalue weighted by Gasteiger charge is 2.13. The van der Waals surface area contributed by atoms with Crippen molar-refractivity contribution in [3.63, 3.8) is 0 Å². The van der Waals surface area contributed by atoms with Crippen LogP contribution in [0, 0.1) is 13.8 Å². The summed E-state index contributed by atoms with van der Waals surface area (Å²) < 4.78 is 2.02. The lowest BCUT2D eigenvalue weighted by Gasteiger charge is -2.10. The molecule has 0 saturated heterocycles. The lowest BCUT2D eigenvalue weighted by Crippen LogP contribution is -2.03. The molecule has 1 aromatic heterocycles. The Labute approximate surface area is 111 Å². The summed E-state index contributed by atoms with van der Waals surface area (Å²) in [6.45, 7) is 3.88. The average molecular weight is 264 g/mol. The molecule has 0 aliphatic rings. The van der Waals surface area contributed by atoms with Crippen LogP contribution in [0.2, 0.25) is 5.02 Å². The highest BCUT2D eigenvalue weighted by Crippen LogP contribution is 2.23. The molecule has 94 valence electrons. The molecule has 0 aliphatic carbocycles. The third-order valence-electron chi connectivity index (χ3n) is 2.94. The number of hydrogen-bond donors (Lipinski definition) is 1. The molecule has 1 N–H and O–H groups in total. The smallest absolute Gasteiger partial charge is 0.307 e. The number of aromatic nitrogens is 1. The molecule has 0 atom stereocenters. The van der Waals surface area contributed by atoms with Crippen LogP contribution in [0.3, 0.4) is 0 Å². The van der Waals surface area contributed by atoms with Crippen LogP contribution in [0.25, 0.3) is 5.69 Å². The van der Waals surface area contributed by atoms with Gasteiger partial charge in [-0.3, -0.25) is 4.79 Å². The van der Waals surface area contributed by atoms with Gasteiger partial charge in [-0.2, -0.15) is 0 Å². The Bertz CT molecular complexity index is 602. The van der Waals surface area contributed by atoms with Gasteiger partial charge in [0.05, 0.1) is 6.42 Å². The minimum atomic E-state index is -0.818. The van der Waals surface area contributed by atoms with Gasteiger partial charge in [-0.05, 0) is 43.7 Å². The van der Waals surface area contributed by atoms with Gasteiger partial charge in [-0.1, -0.05) is 17.7 Å². The first-order chi connectivity index (χ1) is 8.49. The second-order valence-corrected chi connectivity index (χ2v) is 4.72. The van der Waals surface area contributed by atoms with E-state index in [1.165, 1.54) is 0 Å². The maximum Gasteiger partial charge on any atom is 0.307 e. The second-order valence-electron chi connectivity index (χ2n) is 4.28. The zero-order valence-corrected chi connectivity index (χ0v) is 11.0. The van der Waals surface area contributed by atoms with Crippen LogP contribution in [0.5, 0.6) is 0 Å². The molecule has 0 fully saturated rings. The van der Waals surface area contributed by atoms with Crippen molar-refractivity contribution in [2.24, 2.45) is 0 Å². The summed E-state index contributed by atoms with van der Waals surface area (Å²) in [5.41, 5.74) is 3.73. The van der Waals surface area contributed by atoms with Gasteiger partial charge in [0.15, 0.2) is 0 Å². The largest absolute Gasteiger partial charge is 0.481 e. The van der Waals surface area contributed by atoms with E-state index in [2.05, 4.69) is 0 Å². The van der Waals surface area contributed by atoms with Gasteiger partial charge < -0.3 is 9.67 Å². The van der Waals surface area contributed by atoms with Gasteiger partial charge in [-0.25, -0.2) is 0 Å². The van der Waals surface area contributed by atoms with E-state index in [0.29, 0.717) is 5.02 Å². The van der Waals surface area contributed by atoms with Crippen LogP contribution in [0.1, 0.15) is 17.0 Å². The summed E-state index contributed by atoms with van der Waals surface area (Å²) in [4.78, 5) is 10.8. The number of halogens is 1. The number of carboxylic acids is 1. The molecule has 0 spiro atoms. The minimum Gasteiger partial charge on any atom is -0.481 e. The van der Waals surface area contributed by atoms with Gasteiger partial charge >= 0.3 is 5.97 Å². The van der Waals surface area contributed by atoms with Gasteiger partial charge in [0, 0.05) is 22.1 Å². The lowest BCUT2D eigenvalue weighted by molar-refractivity contribution is -0.136. The quantitative estimate of drug-likeness (QED) is 0.922. The van der Waals surface area contributed by atoms with Crippen molar-refractivity contribution < 1.29 is 9.90 Å². The summed E-state index contributed by atoms with van der Waals surface area (Å²) in [6, 6.07) is 9.43. The highest BCUT2D eigenvalue weighted by molar-refractivity contribution is 6.30. The van der Waals surface area contributed by atoms with Crippen molar-refractivity contribution >= 4 is 17.6 Å². The number of carbonyl (C=O) groups is 1. The Morgan fingerprint density at radius 2 is 2.06 bits per heavy atom. The first-order valence-corrected chi connectivity index (χ1v) is 6.02. The van der Waals surface area contributed by atoms with E-state index in [4.69, 9.17) is 16.7 Å². The molecule has 0 radical (unpaired) electrons. The van der Waals surface area contributed by atoms with E-state index in [0.717, 1.165) is 22.6 Å². The first-order valence-electron chi connectivity index (χ1n) is 5.64. The van der Waals surface area contributed by atoms with Crippen LogP contribution in [-0.2, 0) is 11.2 Å². The monoisotopic (exact) mass is 263 g/mol. The molecule has 1 aromatic carbocycles. The van der Waals surface area contributed by atoms with E-state index in [1.807, 2.05) is 48.7 Å². The van der Waals surface area contributed by atoms with Crippen LogP contribution < -0.4 is 0 Å². The fourth-order valence-corrected chi connectivity index (χ4v) is 2.37. The van der Waals surface area contributed by atoms with Crippen molar-refractivity contribution in [1.82, 2.24) is 4.57 Å². The number of rotatable bonds is 3. The maximum absolute atomic E-state index is 10.8. The molecular formula is C14H14ClNO2. The number of carboxylic acid groups (broad SMARTS) is 1. The normalized spacial score (nSPS) is 10.6. The van der Waals surface area contributed by atoms with Crippen LogP contribution >= 0.6 is 11.6 Å². The number of benzene rings is 1. The number of nitrogens with zero attached hydrogens (tertiary/aromatic N) is 1. The molecule has 0 amide bonds. The maximum atomic E-state index is 10.8. The molecule has 0 bridgehead atoms. The van der Waals surface area contributed by atoms with Crippen LogP contribution in [-0.4, -0.2) is 15.6 Å². The first kappa shape index (κ1) is 12.7. The Hall–Kier alpha value is -1.74. The summed E-state index contributed by atoms with van der Waals surface area (Å²) in [5, 5.41) is 9.54. The molecule has 3 nitrogen and oxygen atoms in total. The summed E-state index contributed by atoms with van der Waals surface area (Å²) in [7, 11) is 0. The lowest BCUT2D eigenvalue weighted by atomic mass is 10.2. The standard InChI is InChI=1S/C14H14ClNO2/c1-9-6-11(7-14(17)18)10(2)16(9)13-5-3-4-12(15)8-13/h3-6,8H,7H2,1-2H3,(H,17,18). The highest BCUT2D eigenvalue weighted by atomic mass is 35.5. The van der Waals surface area contributed by atoms with Gasteiger partial charge in [0.25, 0.3) is 0 Å². The van der Waals surface area contributed by atoms with E-state index < -0.39 is 5.97 Å². The number of aliphatic carboxylic acids is 1. The predicted molar refractivity (Wildman–Crippen MR) is 71.6 cm³/mol. The Morgan fingerprint density at radius 1 is 1.33 bits per heavy atom. The second kappa shape index (κ2) is 4.86. The number of aryl methyl sites for hydroxylation is 1. The molecule has 4 heteroatoms. The summed E-state index contributed by atoms with van der Waals surface area (Å²) in [5.74, 6) is -0.818. The van der Waals surface area contributed by atoms with Crippen molar-refractivity contribution in [2.75, 3.05) is 0 Å². The predicted octanol–water partition coefficient (Wildman–Crippen LogP) is 3.37. The van der Waals surface area contributed by atoms with E-state index in [1.54, 1.807) is 0 Å². The molecule has 18 heavy (non-hydrogen) atoms. The van der Waals surface area contributed by atoms with E-state index >= 15 is 0 Å². The van der Waals surface area contributed by atoms with E-state index in [9.17, 15) is 4.79 Å². The average Bonchev–Trinajstić information content (AvgIpc) is 2.53. The topological polar surface area (TPSA) is 42.2 Å². The minimum absolute atomic E-state index is 0.0419. The molecule has 0 aliphatic heterocycles. The zero-order valence-electron chi connectivity index (χ0n) is 10.3. The Balaban J connectivity index is 2.51. The fraction of sp³-hybridized carbons (Fsp3) is 0.214. The van der Waals surface area contributed by atoms with Crippen LogP contribution in [0.4, 0.5) is 0 Å². The van der Waals surface area contributed by atoms with E-state index in [-0.39, 0.29) is 6.42 Å². The molecule has 0 unspecified atom stereocenters. The Kier molecular flexibility index (Phi) is 3.43. The molecule has 2 rings (SSSR count). The summed E-state index contributed by atoms with van der Waals surface area (Å²) >= 11 is 5.98. The van der Waals surface area contributed by atoms with Gasteiger partial charge in [-0.15, -0.1) is 0 Å². The molecule has 1 heterocycles. The molecular weight excluding hydrogens is 250 g/mol. The number of hydrogen-bond acceptors (Lipinski definition) is 1. The zero-order chi connectivity index (χ0) is 13.3. The van der Waals surface area contributed by atoms with Crippen molar-refractivity contribution in [3.8, 4) is 5.69 Å². The van der Waals surface area contributed by atoms with Crippen molar-refractivity contribution in [3.05, 3.63) is 52.3 Å². The van der Waals surface area contributed by atoms with Crippen molar-refractivity contribution in [1.29, 1.82) is 0 Å². The molecule has 2 aromatic rings. The SMILES string of the molecule is Cc1cc(CC(=O)O)c(C)n1-c1cccc(Cl)c1.